The lowest BCUT2D eigenvalue weighted by atomic mass is 10.1. The summed E-state index contributed by atoms with van der Waals surface area (Å²) in [6, 6.07) is 1.02. The van der Waals surface area contributed by atoms with Gasteiger partial charge in [-0.05, 0) is 32.2 Å². The van der Waals surface area contributed by atoms with Crippen LogP contribution in [0.1, 0.15) is 32.1 Å². The van der Waals surface area contributed by atoms with Crippen LogP contribution in [0.4, 0.5) is 0 Å². The van der Waals surface area contributed by atoms with Crippen molar-refractivity contribution in [1.29, 1.82) is 0 Å². The van der Waals surface area contributed by atoms with E-state index in [0.717, 1.165) is 32.8 Å². The van der Waals surface area contributed by atoms with E-state index in [2.05, 4.69) is 15.5 Å². The zero-order valence-electron chi connectivity index (χ0n) is 11.6. The van der Waals surface area contributed by atoms with Gasteiger partial charge in [0.2, 0.25) is 5.91 Å². The second-order valence-corrected chi connectivity index (χ2v) is 5.97. The highest BCUT2D eigenvalue weighted by Crippen LogP contribution is 2.28. The maximum atomic E-state index is 12.5. The van der Waals surface area contributed by atoms with Gasteiger partial charge < -0.3 is 20.3 Å². The van der Waals surface area contributed by atoms with E-state index < -0.39 is 0 Å². The number of amides is 1. The fourth-order valence-electron chi connectivity index (χ4n) is 3.05. The van der Waals surface area contributed by atoms with Gasteiger partial charge in [0.05, 0.1) is 19.1 Å². The zero-order valence-corrected chi connectivity index (χ0v) is 11.6. The van der Waals surface area contributed by atoms with Gasteiger partial charge in [-0.25, -0.2) is 0 Å². The van der Waals surface area contributed by atoms with Crippen molar-refractivity contribution in [2.75, 3.05) is 32.8 Å². The Labute approximate surface area is 115 Å². The topological polar surface area (TPSA) is 53.6 Å². The minimum Gasteiger partial charge on any atom is -0.375 e. The fraction of sp³-hybridized carbons (Fsp3) is 0.929. The van der Waals surface area contributed by atoms with E-state index in [1.165, 1.54) is 25.7 Å². The zero-order chi connectivity index (χ0) is 13.1. The van der Waals surface area contributed by atoms with E-state index in [0.29, 0.717) is 18.5 Å². The first-order valence-electron chi connectivity index (χ1n) is 7.68. The van der Waals surface area contributed by atoms with Gasteiger partial charge in [-0.1, -0.05) is 0 Å². The second-order valence-electron chi connectivity index (χ2n) is 5.97. The summed E-state index contributed by atoms with van der Waals surface area (Å²) in [5.74, 6) is 0.282. The van der Waals surface area contributed by atoms with Crippen LogP contribution in [-0.4, -0.2) is 61.8 Å². The van der Waals surface area contributed by atoms with Crippen molar-refractivity contribution in [3.63, 3.8) is 0 Å². The highest BCUT2D eigenvalue weighted by atomic mass is 16.5. The number of hydrogen-bond donors (Lipinski definition) is 2. The third kappa shape index (κ3) is 3.68. The first-order valence-corrected chi connectivity index (χ1v) is 7.68. The number of nitrogens with zero attached hydrogens (tertiary/aromatic N) is 1. The van der Waals surface area contributed by atoms with Crippen LogP contribution in [0.3, 0.4) is 0 Å². The average molecular weight is 267 g/mol. The molecule has 5 heteroatoms. The van der Waals surface area contributed by atoms with Crippen LogP contribution in [0, 0.1) is 0 Å². The number of ether oxygens (including phenoxy) is 1. The Morgan fingerprint density at radius 1 is 1.26 bits per heavy atom. The molecule has 0 aromatic rings. The minimum atomic E-state index is 0.0686. The molecule has 2 heterocycles. The van der Waals surface area contributed by atoms with Crippen LogP contribution in [0.25, 0.3) is 0 Å². The number of rotatable bonds is 5. The van der Waals surface area contributed by atoms with Gasteiger partial charge in [-0.15, -0.1) is 0 Å². The largest absolute Gasteiger partial charge is 0.375 e. The number of carbonyl (C=O) groups excluding carboxylic acids is 1. The van der Waals surface area contributed by atoms with Crippen molar-refractivity contribution in [3.05, 3.63) is 0 Å². The summed E-state index contributed by atoms with van der Waals surface area (Å²) < 4.78 is 5.64. The summed E-state index contributed by atoms with van der Waals surface area (Å²) in [4.78, 5) is 14.6. The summed E-state index contributed by atoms with van der Waals surface area (Å²) in [6.45, 7) is 4.44. The minimum absolute atomic E-state index is 0.0686. The van der Waals surface area contributed by atoms with Crippen LogP contribution in [0.5, 0.6) is 0 Å². The Morgan fingerprint density at radius 2 is 2.16 bits per heavy atom. The quantitative estimate of drug-likeness (QED) is 0.742. The van der Waals surface area contributed by atoms with Gasteiger partial charge in [0, 0.05) is 31.7 Å². The van der Waals surface area contributed by atoms with E-state index in [4.69, 9.17) is 4.74 Å². The molecule has 0 bridgehead atoms. The molecule has 0 aromatic carbocycles. The van der Waals surface area contributed by atoms with Gasteiger partial charge >= 0.3 is 0 Å². The molecule has 0 unspecified atom stereocenters. The van der Waals surface area contributed by atoms with E-state index in [1.54, 1.807) is 0 Å². The Morgan fingerprint density at radius 3 is 2.79 bits per heavy atom. The monoisotopic (exact) mass is 267 g/mol. The van der Waals surface area contributed by atoms with Gasteiger partial charge in [0.1, 0.15) is 0 Å². The average Bonchev–Trinajstić information content (AvgIpc) is 3.14. The predicted molar refractivity (Wildman–Crippen MR) is 73.0 cm³/mol. The predicted octanol–water partition coefficient (Wildman–Crippen LogP) is 0.108. The molecule has 19 heavy (non-hydrogen) atoms. The van der Waals surface area contributed by atoms with E-state index in [9.17, 15) is 4.79 Å². The normalized spacial score (nSPS) is 31.4. The lowest BCUT2D eigenvalue weighted by Crippen LogP contribution is -2.46. The highest BCUT2D eigenvalue weighted by molar-refractivity contribution is 5.77. The van der Waals surface area contributed by atoms with Gasteiger partial charge in [-0.3, -0.25) is 4.79 Å². The van der Waals surface area contributed by atoms with E-state index in [-0.39, 0.29) is 12.0 Å². The molecule has 2 saturated heterocycles. The van der Waals surface area contributed by atoms with Crippen LogP contribution < -0.4 is 10.6 Å². The number of hydrogen-bond acceptors (Lipinski definition) is 4. The molecule has 0 radical (unpaired) electrons. The Hall–Kier alpha value is -0.650. The molecular formula is C14H25N3O2. The van der Waals surface area contributed by atoms with Gasteiger partial charge in [0.25, 0.3) is 0 Å². The molecule has 3 fully saturated rings. The van der Waals surface area contributed by atoms with E-state index >= 15 is 0 Å². The molecule has 2 atom stereocenters. The van der Waals surface area contributed by atoms with Crippen molar-refractivity contribution in [2.24, 2.45) is 0 Å². The number of carbonyl (C=O) groups is 1. The van der Waals surface area contributed by atoms with Crippen molar-refractivity contribution < 1.29 is 9.53 Å². The Kier molecular flexibility index (Phi) is 4.35. The molecule has 5 nitrogen and oxygen atoms in total. The maximum Gasteiger partial charge on any atom is 0.225 e. The highest BCUT2D eigenvalue weighted by Gasteiger charge is 2.35. The number of nitrogens with one attached hydrogen (secondary N) is 2. The van der Waals surface area contributed by atoms with Crippen LogP contribution >= 0.6 is 0 Å². The molecule has 0 spiro atoms. The lowest BCUT2D eigenvalue weighted by molar-refractivity contribution is -0.135. The first-order chi connectivity index (χ1) is 9.33. The van der Waals surface area contributed by atoms with Crippen LogP contribution in [0.2, 0.25) is 0 Å². The van der Waals surface area contributed by atoms with Gasteiger partial charge in [0.15, 0.2) is 0 Å². The molecule has 0 aromatic heterocycles. The third-order valence-corrected chi connectivity index (χ3v) is 4.29. The molecule has 2 N–H and O–H groups in total. The van der Waals surface area contributed by atoms with Gasteiger partial charge in [-0.2, -0.15) is 0 Å². The molecule has 3 rings (SSSR count). The smallest absolute Gasteiger partial charge is 0.225 e. The maximum absolute atomic E-state index is 12.5. The van der Waals surface area contributed by atoms with Crippen molar-refractivity contribution in [3.8, 4) is 0 Å². The Balaban J connectivity index is 1.51. The molecule has 1 aliphatic carbocycles. The Bertz CT molecular complexity index is 308. The third-order valence-electron chi connectivity index (χ3n) is 4.29. The van der Waals surface area contributed by atoms with Crippen molar-refractivity contribution in [2.45, 2.75) is 50.3 Å². The molecule has 1 amide bonds. The summed E-state index contributed by atoms with van der Waals surface area (Å²) in [5.41, 5.74) is 0. The lowest BCUT2D eigenvalue weighted by Gasteiger charge is -2.29. The van der Waals surface area contributed by atoms with Crippen molar-refractivity contribution >= 4 is 5.91 Å². The standard InChI is InChI=1S/C14H25N3O2/c18-14(8-13-9-15-6-7-19-13)17(12-3-4-12)10-11-2-1-5-16-11/h11-13,15-16H,1-10H2/t11-,13-/m0/s1. The SMILES string of the molecule is O=C(C[C@H]1CNCCO1)N(C[C@@H]1CCCN1)C1CC1. The summed E-state index contributed by atoms with van der Waals surface area (Å²) in [5, 5.41) is 6.78. The summed E-state index contributed by atoms with van der Waals surface area (Å²) in [7, 11) is 0. The van der Waals surface area contributed by atoms with Crippen LogP contribution in [0.15, 0.2) is 0 Å². The molecule has 1 saturated carbocycles. The fourth-order valence-corrected chi connectivity index (χ4v) is 3.05. The summed E-state index contributed by atoms with van der Waals surface area (Å²) >= 11 is 0. The van der Waals surface area contributed by atoms with Crippen molar-refractivity contribution in [1.82, 2.24) is 15.5 Å². The summed E-state index contributed by atoms with van der Waals surface area (Å²) in [6.07, 6.45) is 5.42. The molecule has 2 aliphatic heterocycles. The second kappa shape index (κ2) is 6.20. The molecular weight excluding hydrogens is 242 g/mol. The molecule has 3 aliphatic rings. The first kappa shape index (κ1) is 13.3. The van der Waals surface area contributed by atoms with E-state index in [1.807, 2.05) is 0 Å². The number of morpholine rings is 1. The molecule has 108 valence electrons. The van der Waals surface area contributed by atoms with Crippen LogP contribution in [-0.2, 0) is 9.53 Å².